The maximum Gasteiger partial charge on any atom is 0.224 e. The largest absolute Gasteiger partial charge is 0.359 e. The van der Waals surface area contributed by atoms with Crippen molar-refractivity contribution < 1.29 is 9.32 Å². The number of halogens is 1. The maximum absolute atomic E-state index is 11.6. The molecule has 0 aliphatic carbocycles. The number of amides is 1. The van der Waals surface area contributed by atoms with Gasteiger partial charge in [-0.3, -0.25) is 4.79 Å². The van der Waals surface area contributed by atoms with Crippen molar-refractivity contribution in [1.82, 2.24) is 10.5 Å². The topological polar surface area (TPSA) is 81.2 Å². The number of nitrogens with one attached hydrogen (secondary N) is 1. The number of carbonyl (C=O) groups is 1. The van der Waals surface area contributed by atoms with Crippen LogP contribution in [0.2, 0.25) is 0 Å². The molecular formula is C14H18ClN3O2. The average molecular weight is 296 g/mol. The van der Waals surface area contributed by atoms with Gasteiger partial charge in [0.1, 0.15) is 5.69 Å². The minimum Gasteiger partial charge on any atom is -0.359 e. The summed E-state index contributed by atoms with van der Waals surface area (Å²) in [5.74, 6) is 0.341. The van der Waals surface area contributed by atoms with Crippen molar-refractivity contribution >= 4 is 18.3 Å². The summed E-state index contributed by atoms with van der Waals surface area (Å²) < 4.78 is 5.19. The van der Waals surface area contributed by atoms with Gasteiger partial charge in [-0.25, -0.2) is 0 Å². The van der Waals surface area contributed by atoms with Crippen LogP contribution in [0.1, 0.15) is 12.7 Å². The normalized spacial score (nSPS) is 11.5. The van der Waals surface area contributed by atoms with Crippen molar-refractivity contribution in [3.8, 4) is 11.3 Å². The molecule has 2 aromatic rings. The fourth-order valence-electron chi connectivity index (χ4n) is 1.60. The lowest BCUT2D eigenvalue weighted by Gasteiger charge is -2.07. The molecule has 2 rings (SSSR count). The summed E-state index contributed by atoms with van der Waals surface area (Å²) in [6.45, 7) is 2.44. The fourth-order valence-corrected chi connectivity index (χ4v) is 1.60. The standard InChI is InChI=1S/C14H17N3O2.ClH/c1-10(8-15)14(18)16-9-12-7-13(17-19-12)11-5-3-2-4-6-11;/h2-7,10H,8-9,15H2,1H3,(H,16,18);1H. The number of aromatic nitrogens is 1. The second-order valence-electron chi connectivity index (χ2n) is 4.40. The molecule has 1 atom stereocenters. The molecule has 0 aliphatic rings. The van der Waals surface area contributed by atoms with Crippen LogP contribution in [-0.2, 0) is 11.3 Å². The second kappa shape index (κ2) is 7.67. The van der Waals surface area contributed by atoms with Crippen LogP contribution in [0.3, 0.4) is 0 Å². The van der Waals surface area contributed by atoms with Gasteiger partial charge in [0.15, 0.2) is 5.76 Å². The number of nitrogens with two attached hydrogens (primary N) is 1. The molecule has 0 saturated carbocycles. The average Bonchev–Trinajstić information content (AvgIpc) is 2.93. The summed E-state index contributed by atoms with van der Waals surface area (Å²) in [6.07, 6.45) is 0. The van der Waals surface area contributed by atoms with Crippen molar-refractivity contribution in [1.29, 1.82) is 0 Å². The molecule has 3 N–H and O–H groups in total. The molecule has 1 aromatic carbocycles. The van der Waals surface area contributed by atoms with Crippen LogP contribution in [0.5, 0.6) is 0 Å². The van der Waals surface area contributed by atoms with E-state index in [1.165, 1.54) is 0 Å². The molecule has 1 aromatic heterocycles. The Hall–Kier alpha value is -1.85. The molecule has 0 spiro atoms. The monoisotopic (exact) mass is 295 g/mol. The third-order valence-corrected chi connectivity index (χ3v) is 2.87. The van der Waals surface area contributed by atoms with Gasteiger partial charge in [0.25, 0.3) is 0 Å². The summed E-state index contributed by atoms with van der Waals surface area (Å²) in [5.41, 5.74) is 7.17. The minimum atomic E-state index is -0.198. The van der Waals surface area contributed by atoms with Crippen LogP contribution in [0, 0.1) is 5.92 Å². The first-order valence-electron chi connectivity index (χ1n) is 6.19. The Bertz CT molecular complexity index is 542. The maximum atomic E-state index is 11.6. The molecule has 0 bridgehead atoms. The number of benzene rings is 1. The highest BCUT2D eigenvalue weighted by Gasteiger charge is 2.12. The third kappa shape index (κ3) is 4.08. The highest BCUT2D eigenvalue weighted by molar-refractivity contribution is 5.85. The van der Waals surface area contributed by atoms with Gasteiger partial charge >= 0.3 is 0 Å². The van der Waals surface area contributed by atoms with Gasteiger partial charge in [-0.05, 0) is 0 Å². The van der Waals surface area contributed by atoms with Gasteiger partial charge in [-0.2, -0.15) is 0 Å². The summed E-state index contributed by atoms with van der Waals surface area (Å²) in [6, 6.07) is 11.6. The highest BCUT2D eigenvalue weighted by Crippen LogP contribution is 2.18. The Balaban J connectivity index is 0.00000200. The molecule has 108 valence electrons. The van der Waals surface area contributed by atoms with E-state index in [1.54, 1.807) is 6.92 Å². The van der Waals surface area contributed by atoms with Gasteiger partial charge in [-0.15, -0.1) is 12.4 Å². The van der Waals surface area contributed by atoms with E-state index in [4.69, 9.17) is 10.3 Å². The molecule has 0 radical (unpaired) electrons. The molecule has 20 heavy (non-hydrogen) atoms. The Morgan fingerprint density at radius 1 is 1.40 bits per heavy atom. The Kier molecular flexibility index (Phi) is 6.21. The van der Waals surface area contributed by atoms with Crippen LogP contribution >= 0.6 is 12.4 Å². The van der Waals surface area contributed by atoms with E-state index < -0.39 is 0 Å². The molecular weight excluding hydrogens is 278 g/mol. The summed E-state index contributed by atoms with van der Waals surface area (Å²) >= 11 is 0. The van der Waals surface area contributed by atoms with E-state index in [-0.39, 0.29) is 24.2 Å². The van der Waals surface area contributed by atoms with Crippen molar-refractivity contribution in [2.24, 2.45) is 11.7 Å². The first-order valence-corrected chi connectivity index (χ1v) is 6.19. The number of carbonyl (C=O) groups excluding carboxylic acids is 1. The van der Waals surface area contributed by atoms with Crippen molar-refractivity contribution in [3.63, 3.8) is 0 Å². The van der Waals surface area contributed by atoms with Gasteiger partial charge in [0.05, 0.1) is 6.54 Å². The Morgan fingerprint density at radius 2 is 2.10 bits per heavy atom. The van der Waals surface area contributed by atoms with Gasteiger partial charge < -0.3 is 15.6 Å². The smallest absolute Gasteiger partial charge is 0.224 e. The van der Waals surface area contributed by atoms with Gasteiger partial charge in [-0.1, -0.05) is 42.4 Å². The van der Waals surface area contributed by atoms with Crippen LogP contribution in [0.4, 0.5) is 0 Å². The van der Waals surface area contributed by atoms with E-state index in [1.807, 2.05) is 36.4 Å². The molecule has 6 heteroatoms. The SMILES string of the molecule is CC(CN)C(=O)NCc1cc(-c2ccccc2)no1.Cl. The first-order chi connectivity index (χ1) is 9.20. The molecule has 0 aliphatic heterocycles. The zero-order valence-corrected chi connectivity index (χ0v) is 12.0. The summed E-state index contributed by atoms with van der Waals surface area (Å²) in [4.78, 5) is 11.6. The lowest BCUT2D eigenvalue weighted by atomic mass is 10.1. The predicted octanol–water partition coefficient (Wildman–Crippen LogP) is 1.97. The molecule has 1 unspecified atom stereocenters. The third-order valence-electron chi connectivity index (χ3n) is 2.87. The zero-order valence-electron chi connectivity index (χ0n) is 11.2. The van der Waals surface area contributed by atoms with E-state index in [0.717, 1.165) is 11.3 Å². The lowest BCUT2D eigenvalue weighted by Crippen LogP contribution is -2.32. The van der Waals surface area contributed by atoms with Gasteiger partial charge in [0.2, 0.25) is 5.91 Å². The van der Waals surface area contributed by atoms with Crippen LogP contribution in [0.15, 0.2) is 40.9 Å². The quantitative estimate of drug-likeness (QED) is 0.884. The summed E-state index contributed by atoms with van der Waals surface area (Å²) in [5, 5.41) is 6.74. The number of rotatable bonds is 5. The fraction of sp³-hybridized carbons (Fsp3) is 0.286. The van der Waals surface area contributed by atoms with E-state index in [2.05, 4.69) is 10.5 Å². The van der Waals surface area contributed by atoms with Crippen molar-refractivity contribution in [2.45, 2.75) is 13.5 Å². The molecule has 0 saturated heterocycles. The summed E-state index contributed by atoms with van der Waals surface area (Å²) in [7, 11) is 0. The van der Waals surface area contributed by atoms with Crippen LogP contribution in [0.25, 0.3) is 11.3 Å². The molecule has 1 heterocycles. The molecule has 0 fully saturated rings. The highest BCUT2D eigenvalue weighted by atomic mass is 35.5. The van der Waals surface area contributed by atoms with E-state index >= 15 is 0 Å². The number of hydrogen-bond donors (Lipinski definition) is 2. The predicted molar refractivity (Wildman–Crippen MR) is 79.3 cm³/mol. The van der Waals surface area contributed by atoms with E-state index in [9.17, 15) is 4.79 Å². The van der Waals surface area contributed by atoms with E-state index in [0.29, 0.717) is 18.8 Å². The second-order valence-corrected chi connectivity index (χ2v) is 4.40. The molecule has 5 nitrogen and oxygen atoms in total. The van der Waals surface area contributed by atoms with Crippen molar-refractivity contribution in [2.75, 3.05) is 6.54 Å². The number of hydrogen-bond acceptors (Lipinski definition) is 4. The number of nitrogens with zero attached hydrogens (tertiary/aromatic N) is 1. The van der Waals surface area contributed by atoms with Crippen molar-refractivity contribution in [3.05, 3.63) is 42.2 Å². The molecule has 1 amide bonds. The van der Waals surface area contributed by atoms with Crippen LogP contribution < -0.4 is 11.1 Å². The zero-order chi connectivity index (χ0) is 13.7. The minimum absolute atomic E-state index is 0. The van der Waals surface area contributed by atoms with Crippen LogP contribution in [-0.4, -0.2) is 17.6 Å². The Morgan fingerprint density at radius 3 is 2.75 bits per heavy atom. The Labute approximate surface area is 123 Å². The lowest BCUT2D eigenvalue weighted by molar-refractivity contribution is -0.124. The first kappa shape index (κ1) is 16.2. The van der Waals surface area contributed by atoms with Gasteiger partial charge in [0, 0.05) is 24.1 Å².